The van der Waals surface area contributed by atoms with E-state index in [0.717, 1.165) is 17.7 Å². The van der Waals surface area contributed by atoms with Crippen LogP contribution in [0, 0.1) is 0 Å². The van der Waals surface area contributed by atoms with E-state index in [0.29, 0.717) is 13.1 Å². The van der Waals surface area contributed by atoms with Crippen LogP contribution in [0.3, 0.4) is 0 Å². The van der Waals surface area contributed by atoms with Gasteiger partial charge < -0.3 is 24.7 Å². The van der Waals surface area contributed by atoms with Crippen molar-refractivity contribution >= 4 is 18.0 Å². The third-order valence-corrected chi connectivity index (χ3v) is 3.24. The minimum Gasteiger partial charge on any atom is -0.480 e. The number of aliphatic carboxylic acids is 2. The smallest absolute Gasteiger partial charge is 0.323 e. The van der Waals surface area contributed by atoms with Crippen LogP contribution in [0.15, 0.2) is 0 Å². The number of carboxylic acids is 2. The minimum absolute atomic E-state index is 0.0146. The molecule has 0 aliphatic carbocycles. The maximum atomic E-state index is 12.2. The maximum absolute atomic E-state index is 12.2. The van der Waals surface area contributed by atoms with Crippen LogP contribution >= 0.6 is 0 Å². The molecule has 106 valence electrons. The van der Waals surface area contributed by atoms with Crippen molar-refractivity contribution in [2.75, 3.05) is 26.2 Å². The molecule has 2 heterocycles. The van der Waals surface area contributed by atoms with Crippen molar-refractivity contribution in [3.05, 3.63) is 0 Å². The van der Waals surface area contributed by atoms with Crippen molar-refractivity contribution in [1.29, 1.82) is 0 Å². The predicted octanol–water partition coefficient (Wildman–Crippen LogP) is -0.559. The fraction of sp³-hybridized carbons (Fsp3) is 0.727. The Morgan fingerprint density at radius 3 is 1.95 bits per heavy atom. The molecule has 0 radical (unpaired) electrons. The van der Waals surface area contributed by atoms with E-state index in [9.17, 15) is 14.4 Å². The van der Waals surface area contributed by atoms with Crippen LogP contribution in [-0.4, -0.2) is 76.4 Å². The average Bonchev–Trinajstić information content (AvgIpc) is 2.65. The Balaban J connectivity index is 2.01. The number of carbonyl (C=O) groups excluding carboxylic acids is 1. The zero-order chi connectivity index (χ0) is 14.0. The van der Waals surface area contributed by atoms with Crippen LogP contribution in [0.5, 0.6) is 0 Å². The summed E-state index contributed by atoms with van der Waals surface area (Å²) >= 11 is 0. The molecule has 2 bridgehead atoms. The third-order valence-electron chi connectivity index (χ3n) is 3.24. The molecule has 2 N–H and O–H groups in total. The van der Waals surface area contributed by atoms with Crippen LogP contribution in [0.1, 0.15) is 12.8 Å². The summed E-state index contributed by atoms with van der Waals surface area (Å²) in [7, 11) is 0. The number of amides is 2. The normalized spacial score (nSPS) is 25.2. The van der Waals surface area contributed by atoms with Gasteiger partial charge in [0.15, 0.2) is 0 Å². The molecule has 8 heteroatoms. The second kappa shape index (κ2) is 5.43. The fourth-order valence-corrected chi connectivity index (χ4v) is 2.49. The maximum Gasteiger partial charge on any atom is 0.323 e. The van der Waals surface area contributed by atoms with E-state index < -0.39 is 31.1 Å². The standard InChI is InChI=1S/C11H16N2O6/c14-9(15)5-13(6-10(16)17)11(18)12-3-7-1-2-8(4-12)19-7/h7-8H,1-6H2,(H,14,15)(H,16,17). The lowest BCUT2D eigenvalue weighted by atomic mass is 10.2. The summed E-state index contributed by atoms with van der Waals surface area (Å²) in [5.41, 5.74) is 0. The number of rotatable bonds is 4. The number of carbonyl (C=O) groups is 3. The van der Waals surface area contributed by atoms with Crippen molar-refractivity contribution in [3.63, 3.8) is 0 Å². The highest BCUT2D eigenvalue weighted by molar-refractivity contribution is 5.84. The monoisotopic (exact) mass is 272 g/mol. The van der Waals surface area contributed by atoms with Gasteiger partial charge in [-0.3, -0.25) is 9.59 Å². The minimum atomic E-state index is -1.23. The Bertz CT molecular complexity index is 371. The highest BCUT2D eigenvalue weighted by Gasteiger charge is 2.37. The Hall–Kier alpha value is -1.83. The summed E-state index contributed by atoms with van der Waals surface area (Å²) in [5, 5.41) is 17.5. The number of morpholine rings is 1. The largest absolute Gasteiger partial charge is 0.480 e. The number of urea groups is 1. The third kappa shape index (κ3) is 3.34. The Morgan fingerprint density at radius 2 is 1.53 bits per heavy atom. The SMILES string of the molecule is O=C(O)CN(CC(=O)O)C(=O)N1CC2CCC(C1)O2. The van der Waals surface area contributed by atoms with Gasteiger partial charge in [-0.1, -0.05) is 0 Å². The summed E-state index contributed by atoms with van der Waals surface area (Å²) in [6, 6.07) is -0.551. The van der Waals surface area contributed by atoms with Crippen LogP contribution in [-0.2, 0) is 14.3 Å². The van der Waals surface area contributed by atoms with E-state index in [4.69, 9.17) is 14.9 Å². The van der Waals surface area contributed by atoms with Gasteiger partial charge in [0.05, 0.1) is 12.2 Å². The zero-order valence-electron chi connectivity index (χ0n) is 10.3. The molecule has 0 spiro atoms. The Morgan fingerprint density at radius 1 is 1.05 bits per heavy atom. The number of ether oxygens (including phenoxy) is 1. The van der Waals surface area contributed by atoms with Crippen molar-refractivity contribution in [2.45, 2.75) is 25.0 Å². The van der Waals surface area contributed by atoms with Crippen LogP contribution in [0.4, 0.5) is 4.79 Å². The molecule has 0 aromatic heterocycles. The number of nitrogens with zero attached hydrogens (tertiary/aromatic N) is 2. The van der Waals surface area contributed by atoms with E-state index >= 15 is 0 Å². The number of carboxylic acid groups (broad SMARTS) is 2. The molecular formula is C11H16N2O6. The van der Waals surface area contributed by atoms with Crippen molar-refractivity contribution in [1.82, 2.24) is 9.80 Å². The summed E-state index contributed by atoms with van der Waals surface area (Å²) in [6.45, 7) is -0.439. The molecule has 2 rings (SSSR count). The molecule has 0 aromatic carbocycles. The molecule has 0 aromatic rings. The van der Waals surface area contributed by atoms with Crippen LogP contribution < -0.4 is 0 Å². The topological polar surface area (TPSA) is 107 Å². The molecule has 0 saturated carbocycles. The Labute approximate surface area is 109 Å². The first-order valence-corrected chi connectivity index (χ1v) is 6.08. The molecule has 2 aliphatic rings. The van der Waals surface area contributed by atoms with Gasteiger partial charge in [-0.05, 0) is 12.8 Å². The van der Waals surface area contributed by atoms with E-state index in [1.165, 1.54) is 4.90 Å². The van der Waals surface area contributed by atoms with E-state index in [1.807, 2.05) is 0 Å². The summed E-state index contributed by atoms with van der Waals surface area (Å²) < 4.78 is 5.57. The average molecular weight is 272 g/mol. The molecule has 2 atom stereocenters. The van der Waals surface area contributed by atoms with Crippen molar-refractivity contribution < 1.29 is 29.3 Å². The molecule has 2 aliphatic heterocycles. The second-order valence-electron chi connectivity index (χ2n) is 4.79. The predicted molar refractivity (Wildman–Crippen MR) is 61.7 cm³/mol. The molecule has 2 amide bonds. The summed E-state index contributed by atoms with van der Waals surface area (Å²) in [4.78, 5) is 35.8. The quantitative estimate of drug-likeness (QED) is 0.710. The highest BCUT2D eigenvalue weighted by Crippen LogP contribution is 2.26. The van der Waals surface area contributed by atoms with Crippen LogP contribution in [0.2, 0.25) is 0 Å². The zero-order valence-corrected chi connectivity index (χ0v) is 10.3. The van der Waals surface area contributed by atoms with Gasteiger partial charge >= 0.3 is 18.0 Å². The van der Waals surface area contributed by atoms with Crippen molar-refractivity contribution in [2.24, 2.45) is 0 Å². The second-order valence-corrected chi connectivity index (χ2v) is 4.79. The summed E-state index contributed by atoms with van der Waals surface area (Å²) in [6.07, 6.45) is 1.73. The number of fused-ring (bicyclic) bond motifs is 2. The van der Waals surface area contributed by atoms with Gasteiger partial charge in [-0.15, -0.1) is 0 Å². The molecule has 2 fully saturated rings. The molecule has 19 heavy (non-hydrogen) atoms. The first-order valence-electron chi connectivity index (χ1n) is 6.08. The lowest BCUT2D eigenvalue weighted by Crippen LogP contribution is -2.53. The number of hydrogen-bond donors (Lipinski definition) is 2. The first-order chi connectivity index (χ1) is 8.95. The van der Waals surface area contributed by atoms with Gasteiger partial charge in [-0.2, -0.15) is 0 Å². The number of hydrogen-bond acceptors (Lipinski definition) is 4. The van der Waals surface area contributed by atoms with Gasteiger partial charge in [0.25, 0.3) is 0 Å². The first kappa shape index (κ1) is 13.6. The lowest BCUT2D eigenvalue weighted by Gasteiger charge is -2.35. The summed E-state index contributed by atoms with van der Waals surface area (Å²) in [5.74, 6) is -2.46. The Kier molecular flexibility index (Phi) is 3.89. The van der Waals surface area contributed by atoms with Crippen LogP contribution in [0.25, 0.3) is 0 Å². The van der Waals surface area contributed by atoms with Gasteiger partial charge in [-0.25, -0.2) is 4.79 Å². The van der Waals surface area contributed by atoms with E-state index in [2.05, 4.69) is 0 Å². The molecule has 2 unspecified atom stereocenters. The van der Waals surface area contributed by atoms with Gasteiger partial charge in [0.1, 0.15) is 13.1 Å². The van der Waals surface area contributed by atoms with Gasteiger partial charge in [0, 0.05) is 13.1 Å². The molecule has 8 nitrogen and oxygen atoms in total. The lowest BCUT2D eigenvalue weighted by molar-refractivity contribution is -0.140. The fourth-order valence-electron chi connectivity index (χ4n) is 2.49. The number of likely N-dealkylation sites (tertiary alicyclic amines) is 1. The van der Waals surface area contributed by atoms with E-state index in [-0.39, 0.29) is 12.2 Å². The van der Waals surface area contributed by atoms with Gasteiger partial charge in [0.2, 0.25) is 0 Å². The van der Waals surface area contributed by atoms with E-state index in [1.54, 1.807) is 0 Å². The molecule has 2 saturated heterocycles. The highest BCUT2D eigenvalue weighted by atomic mass is 16.5. The molecular weight excluding hydrogens is 256 g/mol. The van der Waals surface area contributed by atoms with Crippen molar-refractivity contribution in [3.8, 4) is 0 Å².